The summed E-state index contributed by atoms with van der Waals surface area (Å²) in [4.78, 5) is 4.30. The molecule has 0 aliphatic rings. The highest BCUT2D eigenvalue weighted by Crippen LogP contribution is 2.24. The van der Waals surface area contributed by atoms with Gasteiger partial charge in [0.2, 0.25) is 5.89 Å². The van der Waals surface area contributed by atoms with E-state index in [1.807, 2.05) is 18.2 Å². The first kappa shape index (κ1) is 16.4. The molecule has 4 rings (SSSR count). The molecule has 1 heterocycles. The molecular weight excluding hydrogens is 329 g/mol. The number of aryl methyl sites for hydroxylation is 1. The van der Waals surface area contributed by atoms with Gasteiger partial charge in [0, 0.05) is 19.0 Å². The SMILES string of the molecule is Cc1nc(C(NCc2cccc3ccccc23)c2ccccc2F)no1. The molecule has 1 unspecified atom stereocenters. The van der Waals surface area contributed by atoms with Gasteiger partial charge in [-0.25, -0.2) is 4.39 Å². The van der Waals surface area contributed by atoms with Gasteiger partial charge in [-0.05, 0) is 22.4 Å². The predicted molar refractivity (Wildman–Crippen MR) is 98.1 cm³/mol. The highest BCUT2D eigenvalue weighted by atomic mass is 19.1. The Morgan fingerprint density at radius 2 is 1.77 bits per heavy atom. The van der Waals surface area contributed by atoms with E-state index in [2.05, 4.69) is 39.7 Å². The van der Waals surface area contributed by atoms with Crippen molar-refractivity contribution in [2.45, 2.75) is 19.5 Å². The van der Waals surface area contributed by atoms with E-state index in [1.165, 1.54) is 16.8 Å². The second-order valence-corrected chi connectivity index (χ2v) is 6.15. The molecule has 0 aliphatic heterocycles. The average molecular weight is 347 g/mol. The van der Waals surface area contributed by atoms with Crippen LogP contribution in [0.25, 0.3) is 10.8 Å². The van der Waals surface area contributed by atoms with Crippen LogP contribution in [0.15, 0.2) is 71.3 Å². The van der Waals surface area contributed by atoms with E-state index in [4.69, 9.17) is 4.52 Å². The van der Waals surface area contributed by atoms with Crippen LogP contribution in [0.3, 0.4) is 0 Å². The number of nitrogens with one attached hydrogen (secondary N) is 1. The number of hydrogen-bond acceptors (Lipinski definition) is 4. The van der Waals surface area contributed by atoms with Crippen molar-refractivity contribution >= 4 is 10.8 Å². The van der Waals surface area contributed by atoms with Gasteiger partial charge in [-0.15, -0.1) is 0 Å². The van der Waals surface area contributed by atoms with Gasteiger partial charge in [0.1, 0.15) is 5.82 Å². The summed E-state index contributed by atoms with van der Waals surface area (Å²) in [6.07, 6.45) is 0. The Labute approximate surface area is 150 Å². The van der Waals surface area contributed by atoms with Gasteiger partial charge in [0.25, 0.3) is 0 Å². The Balaban J connectivity index is 1.68. The Hall–Kier alpha value is -3.05. The summed E-state index contributed by atoms with van der Waals surface area (Å²) < 4.78 is 19.5. The Bertz CT molecular complexity index is 1040. The third-order valence-electron chi connectivity index (χ3n) is 4.39. The molecule has 0 fully saturated rings. The van der Waals surface area contributed by atoms with Gasteiger partial charge in [0.05, 0.1) is 6.04 Å². The van der Waals surface area contributed by atoms with Crippen molar-refractivity contribution in [2.75, 3.05) is 0 Å². The lowest BCUT2D eigenvalue weighted by atomic mass is 10.0. The zero-order valence-electron chi connectivity index (χ0n) is 14.3. The molecular formula is C21H18FN3O. The molecule has 4 nitrogen and oxygen atoms in total. The molecule has 3 aromatic carbocycles. The van der Waals surface area contributed by atoms with Crippen LogP contribution < -0.4 is 5.32 Å². The minimum Gasteiger partial charge on any atom is -0.340 e. The van der Waals surface area contributed by atoms with Crippen LogP contribution in [0.1, 0.15) is 28.9 Å². The summed E-state index contributed by atoms with van der Waals surface area (Å²) in [7, 11) is 0. The maximum absolute atomic E-state index is 14.4. The summed E-state index contributed by atoms with van der Waals surface area (Å²) in [5.74, 6) is 0.575. The molecule has 0 aliphatic carbocycles. The third kappa shape index (κ3) is 3.21. The minimum absolute atomic E-state index is 0.301. The quantitative estimate of drug-likeness (QED) is 0.575. The summed E-state index contributed by atoms with van der Waals surface area (Å²) in [6.45, 7) is 2.27. The summed E-state index contributed by atoms with van der Waals surface area (Å²) >= 11 is 0. The monoisotopic (exact) mass is 347 g/mol. The fraction of sp³-hybridized carbons (Fsp3) is 0.143. The minimum atomic E-state index is -0.493. The number of halogens is 1. The fourth-order valence-corrected chi connectivity index (χ4v) is 3.14. The number of benzene rings is 3. The molecule has 0 bridgehead atoms. The third-order valence-corrected chi connectivity index (χ3v) is 4.39. The van der Waals surface area contributed by atoms with Crippen molar-refractivity contribution in [1.82, 2.24) is 15.5 Å². The normalized spacial score (nSPS) is 12.4. The number of hydrogen-bond donors (Lipinski definition) is 1. The van der Waals surface area contributed by atoms with E-state index >= 15 is 0 Å². The van der Waals surface area contributed by atoms with E-state index in [-0.39, 0.29) is 5.82 Å². The van der Waals surface area contributed by atoms with Crippen molar-refractivity contribution in [3.8, 4) is 0 Å². The summed E-state index contributed by atoms with van der Waals surface area (Å²) in [5, 5.41) is 9.72. The fourth-order valence-electron chi connectivity index (χ4n) is 3.14. The van der Waals surface area contributed by atoms with Crippen molar-refractivity contribution in [2.24, 2.45) is 0 Å². The molecule has 1 atom stereocenters. The molecule has 5 heteroatoms. The van der Waals surface area contributed by atoms with E-state index in [9.17, 15) is 4.39 Å². The highest BCUT2D eigenvalue weighted by Gasteiger charge is 2.22. The highest BCUT2D eigenvalue weighted by molar-refractivity contribution is 5.85. The van der Waals surface area contributed by atoms with Crippen LogP contribution in [-0.2, 0) is 6.54 Å². The first-order valence-corrected chi connectivity index (χ1v) is 8.47. The standard InChI is InChI=1S/C21H18FN3O/c1-14-24-21(25-26-14)20(18-11-4-5-12-19(18)22)23-13-16-9-6-8-15-7-2-3-10-17(15)16/h2-12,20,23H,13H2,1H3. The van der Waals surface area contributed by atoms with Crippen LogP contribution in [0, 0.1) is 12.7 Å². The summed E-state index contributed by atoms with van der Waals surface area (Å²) in [6, 6.07) is 20.5. The molecule has 0 spiro atoms. The van der Waals surface area contributed by atoms with Crippen LogP contribution in [0.5, 0.6) is 0 Å². The van der Waals surface area contributed by atoms with Gasteiger partial charge in [0.15, 0.2) is 5.82 Å². The molecule has 0 radical (unpaired) electrons. The lowest BCUT2D eigenvalue weighted by molar-refractivity contribution is 0.380. The molecule has 4 aromatic rings. The maximum atomic E-state index is 14.4. The van der Waals surface area contributed by atoms with Crippen LogP contribution >= 0.6 is 0 Å². The second-order valence-electron chi connectivity index (χ2n) is 6.15. The van der Waals surface area contributed by atoms with Gasteiger partial charge in [-0.3, -0.25) is 5.32 Å². The molecule has 1 aromatic heterocycles. The lowest BCUT2D eigenvalue weighted by Crippen LogP contribution is -2.24. The Morgan fingerprint density at radius 3 is 2.58 bits per heavy atom. The topological polar surface area (TPSA) is 51.0 Å². The first-order chi connectivity index (χ1) is 12.7. The largest absolute Gasteiger partial charge is 0.340 e. The smallest absolute Gasteiger partial charge is 0.223 e. The number of aromatic nitrogens is 2. The zero-order chi connectivity index (χ0) is 17.9. The van der Waals surface area contributed by atoms with Crippen molar-refractivity contribution in [3.63, 3.8) is 0 Å². The zero-order valence-corrected chi connectivity index (χ0v) is 14.3. The maximum Gasteiger partial charge on any atom is 0.223 e. The Kier molecular flexibility index (Phi) is 4.46. The molecule has 0 saturated carbocycles. The van der Waals surface area contributed by atoms with E-state index in [1.54, 1.807) is 25.1 Å². The lowest BCUT2D eigenvalue weighted by Gasteiger charge is -2.17. The Morgan fingerprint density at radius 1 is 1.00 bits per heavy atom. The van der Waals surface area contributed by atoms with Gasteiger partial charge in [-0.2, -0.15) is 4.98 Å². The van der Waals surface area contributed by atoms with Gasteiger partial charge >= 0.3 is 0 Å². The first-order valence-electron chi connectivity index (χ1n) is 8.47. The summed E-state index contributed by atoms with van der Waals surface area (Å²) in [5.41, 5.74) is 1.62. The van der Waals surface area contributed by atoms with Crippen molar-refractivity contribution in [3.05, 3.63) is 95.4 Å². The number of rotatable bonds is 5. The average Bonchev–Trinajstić information content (AvgIpc) is 3.09. The van der Waals surface area contributed by atoms with Crippen LogP contribution in [0.2, 0.25) is 0 Å². The predicted octanol–water partition coefficient (Wildman–Crippen LogP) is 4.55. The molecule has 0 amide bonds. The van der Waals surface area contributed by atoms with Crippen LogP contribution in [-0.4, -0.2) is 10.1 Å². The van der Waals surface area contributed by atoms with Crippen LogP contribution in [0.4, 0.5) is 4.39 Å². The molecule has 130 valence electrons. The van der Waals surface area contributed by atoms with Gasteiger partial charge < -0.3 is 4.52 Å². The van der Waals surface area contributed by atoms with Gasteiger partial charge in [-0.1, -0.05) is 65.8 Å². The second kappa shape index (κ2) is 7.06. The van der Waals surface area contributed by atoms with Crippen molar-refractivity contribution < 1.29 is 8.91 Å². The molecule has 26 heavy (non-hydrogen) atoms. The number of fused-ring (bicyclic) bond motifs is 1. The van der Waals surface area contributed by atoms with E-state index in [0.29, 0.717) is 23.8 Å². The molecule has 1 N–H and O–H groups in total. The molecule has 0 saturated heterocycles. The van der Waals surface area contributed by atoms with Crippen molar-refractivity contribution in [1.29, 1.82) is 0 Å². The van der Waals surface area contributed by atoms with E-state index < -0.39 is 6.04 Å². The number of nitrogens with zero attached hydrogens (tertiary/aromatic N) is 2. The van der Waals surface area contributed by atoms with E-state index in [0.717, 1.165) is 5.56 Å².